The Morgan fingerprint density at radius 1 is 1.50 bits per heavy atom. The average Bonchev–Trinajstić information content (AvgIpc) is 2.88. The van der Waals surface area contributed by atoms with Crippen LogP contribution in [0, 0.1) is 16.0 Å². The van der Waals surface area contributed by atoms with E-state index in [1.165, 1.54) is 16.4 Å². The maximum Gasteiger partial charge on any atom is 0.270 e. The van der Waals surface area contributed by atoms with E-state index in [0.717, 1.165) is 6.07 Å². The molecule has 0 aliphatic carbocycles. The second-order valence-corrected chi connectivity index (χ2v) is 6.94. The molecule has 1 heterocycles. The zero-order chi connectivity index (χ0) is 14.9. The zero-order valence-corrected chi connectivity index (χ0v) is 12.1. The van der Waals surface area contributed by atoms with Crippen molar-refractivity contribution in [3.05, 3.63) is 33.3 Å². The minimum absolute atomic E-state index is 0.0215. The summed E-state index contributed by atoms with van der Waals surface area (Å²) in [6.45, 7) is 1.08. The summed E-state index contributed by atoms with van der Waals surface area (Å²) in [5.41, 5.74) is 5.23. The molecule has 0 spiro atoms. The number of hydrogen-bond donors (Lipinski definition) is 1. The normalized spacial score (nSPS) is 20.2. The molecule has 0 radical (unpaired) electrons. The van der Waals surface area contributed by atoms with E-state index in [1.54, 1.807) is 0 Å². The monoisotopic (exact) mass is 319 g/mol. The molecular weight excluding hydrogens is 306 g/mol. The van der Waals surface area contributed by atoms with Crippen LogP contribution in [0.4, 0.5) is 5.69 Å². The lowest BCUT2D eigenvalue weighted by Gasteiger charge is -2.17. The van der Waals surface area contributed by atoms with Crippen molar-refractivity contribution in [2.75, 3.05) is 19.6 Å². The number of benzene rings is 1. The lowest BCUT2D eigenvalue weighted by molar-refractivity contribution is -0.385. The summed E-state index contributed by atoms with van der Waals surface area (Å²) >= 11 is 5.88. The van der Waals surface area contributed by atoms with E-state index in [-0.39, 0.29) is 21.5 Å². The minimum atomic E-state index is -3.83. The first-order valence-corrected chi connectivity index (χ1v) is 7.82. The Morgan fingerprint density at radius 3 is 2.75 bits per heavy atom. The van der Waals surface area contributed by atoms with E-state index in [1.807, 2.05) is 0 Å². The molecule has 1 aromatic carbocycles. The Balaban J connectivity index is 2.39. The highest BCUT2D eigenvalue weighted by molar-refractivity contribution is 7.89. The van der Waals surface area contributed by atoms with Crippen LogP contribution in [0.3, 0.4) is 0 Å². The van der Waals surface area contributed by atoms with Gasteiger partial charge in [0.25, 0.3) is 5.69 Å². The van der Waals surface area contributed by atoms with Gasteiger partial charge in [-0.1, -0.05) is 11.6 Å². The predicted octanol–water partition coefficient (Wildman–Crippen LogP) is 1.22. The molecule has 1 aliphatic heterocycles. The number of rotatable bonds is 4. The van der Waals surface area contributed by atoms with Gasteiger partial charge in [-0.2, -0.15) is 4.31 Å². The second-order valence-electron chi connectivity index (χ2n) is 4.63. The molecule has 9 heteroatoms. The first-order chi connectivity index (χ1) is 9.36. The molecule has 1 unspecified atom stereocenters. The number of sulfonamides is 1. The van der Waals surface area contributed by atoms with Crippen LogP contribution in [0.1, 0.15) is 6.42 Å². The molecule has 110 valence electrons. The molecule has 0 amide bonds. The molecule has 0 bridgehead atoms. The molecule has 20 heavy (non-hydrogen) atoms. The van der Waals surface area contributed by atoms with Crippen molar-refractivity contribution < 1.29 is 13.3 Å². The highest BCUT2D eigenvalue weighted by atomic mass is 35.5. The summed E-state index contributed by atoms with van der Waals surface area (Å²) in [4.78, 5) is 9.87. The highest BCUT2D eigenvalue weighted by Gasteiger charge is 2.34. The third kappa shape index (κ3) is 2.78. The third-order valence-corrected chi connectivity index (χ3v) is 5.67. The number of nitro groups is 1. The van der Waals surface area contributed by atoms with Crippen LogP contribution in [0.2, 0.25) is 5.02 Å². The first-order valence-electron chi connectivity index (χ1n) is 6.00. The predicted molar refractivity (Wildman–Crippen MR) is 74.0 cm³/mol. The summed E-state index contributed by atoms with van der Waals surface area (Å²) in [5, 5.41) is 10.7. The van der Waals surface area contributed by atoms with Crippen LogP contribution in [0.25, 0.3) is 0 Å². The van der Waals surface area contributed by atoms with Gasteiger partial charge in [-0.3, -0.25) is 10.1 Å². The van der Waals surface area contributed by atoms with Crippen molar-refractivity contribution in [3.63, 3.8) is 0 Å². The Hall–Kier alpha value is -1.22. The summed E-state index contributed by atoms with van der Waals surface area (Å²) < 4.78 is 26.2. The van der Waals surface area contributed by atoms with Gasteiger partial charge in [-0.15, -0.1) is 0 Å². The first kappa shape index (κ1) is 15.2. The Kier molecular flexibility index (Phi) is 4.28. The fourth-order valence-corrected chi connectivity index (χ4v) is 4.18. The Labute approximate surface area is 121 Å². The summed E-state index contributed by atoms with van der Waals surface area (Å²) in [7, 11) is -3.83. The molecule has 1 fully saturated rings. The number of nitrogens with zero attached hydrogens (tertiary/aromatic N) is 2. The van der Waals surface area contributed by atoms with Gasteiger partial charge in [0.15, 0.2) is 0 Å². The summed E-state index contributed by atoms with van der Waals surface area (Å²) in [6, 6.07) is 3.39. The maximum atomic E-state index is 12.5. The van der Waals surface area contributed by atoms with Crippen molar-refractivity contribution in [2.24, 2.45) is 11.7 Å². The molecule has 1 saturated heterocycles. The standard InChI is InChI=1S/C11H14ClN3O4S/c12-10-2-1-9(15(16)17)5-11(10)20(18,19)14-4-3-8(6-13)7-14/h1-2,5,8H,3-4,6-7,13H2. The van der Waals surface area contributed by atoms with Gasteiger partial charge in [-0.05, 0) is 24.9 Å². The van der Waals surface area contributed by atoms with Crippen LogP contribution >= 0.6 is 11.6 Å². The van der Waals surface area contributed by atoms with Crippen LogP contribution in [-0.4, -0.2) is 37.3 Å². The Bertz CT molecular complexity index is 635. The average molecular weight is 320 g/mol. The smallest absolute Gasteiger partial charge is 0.270 e. The van der Waals surface area contributed by atoms with E-state index in [9.17, 15) is 18.5 Å². The number of non-ortho nitro benzene ring substituents is 1. The molecule has 2 N–H and O–H groups in total. The van der Waals surface area contributed by atoms with Crippen molar-refractivity contribution in [1.29, 1.82) is 0 Å². The van der Waals surface area contributed by atoms with Crippen molar-refractivity contribution in [2.45, 2.75) is 11.3 Å². The van der Waals surface area contributed by atoms with E-state index < -0.39 is 14.9 Å². The number of nitrogens with two attached hydrogens (primary N) is 1. The highest BCUT2D eigenvalue weighted by Crippen LogP contribution is 2.31. The molecule has 1 atom stereocenters. The maximum absolute atomic E-state index is 12.5. The van der Waals surface area contributed by atoms with Crippen molar-refractivity contribution >= 4 is 27.3 Å². The molecule has 2 rings (SSSR count). The molecular formula is C11H14ClN3O4S. The zero-order valence-electron chi connectivity index (χ0n) is 10.5. The lowest BCUT2D eigenvalue weighted by Crippen LogP contribution is -2.30. The van der Waals surface area contributed by atoms with E-state index in [0.29, 0.717) is 26.1 Å². The van der Waals surface area contributed by atoms with E-state index >= 15 is 0 Å². The number of nitro benzene ring substituents is 1. The van der Waals surface area contributed by atoms with Crippen LogP contribution in [0.5, 0.6) is 0 Å². The fraction of sp³-hybridized carbons (Fsp3) is 0.455. The van der Waals surface area contributed by atoms with E-state index in [2.05, 4.69) is 0 Å². The van der Waals surface area contributed by atoms with Gasteiger partial charge in [0.1, 0.15) is 4.90 Å². The summed E-state index contributed by atoms with van der Waals surface area (Å²) in [5.74, 6) is 0.113. The molecule has 1 aromatic rings. The van der Waals surface area contributed by atoms with Gasteiger partial charge >= 0.3 is 0 Å². The van der Waals surface area contributed by atoms with Crippen molar-refractivity contribution in [1.82, 2.24) is 4.31 Å². The largest absolute Gasteiger partial charge is 0.330 e. The molecule has 7 nitrogen and oxygen atoms in total. The molecule has 1 aliphatic rings. The third-order valence-electron chi connectivity index (χ3n) is 3.33. The Morgan fingerprint density at radius 2 is 2.20 bits per heavy atom. The van der Waals surface area contributed by atoms with Gasteiger partial charge in [0.2, 0.25) is 10.0 Å². The topological polar surface area (TPSA) is 107 Å². The van der Waals surface area contributed by atoms with Gasteiger partial charge in [0.05, 0.1) is 9.95 Å². The quantitative estimate of drug-likeness (QED) is 0.663. The van der Waals surface area contributed by atoms with Crippen LogP contribution in [0.15, 0.2) is 23.1 Å². The van der Waals surface area contributed by atoms with Gasteiger partial charge in [0, 0.05) is 25.2 Å². The lowest BCUT2D eigenvalue weighted by atomic mass is 10.1. The molecule has 0 aromatic heterocycles. The van der Waals surface area contributed by atoms with Crippen LogP contribution < -0.4 is 5.73 Å². The summed E-state index contributed by atoms with van der Waals surface area (Å²) in [6.07, 6.45) is 0.683. The minimum Gasteiger partial charge on any atom is -0.330 e. The van der Waals surface area contributed by atoms with E-state index in [4.69, 9.17) is 17.3 Å². The van der Waals surface area contributed by atoms with Crippen LogP contribution in [-0.2, 0) is 10.0 Å². The number of hydrogen-bond acceptors (Lipinski definition) is 5. The number of halogens is 1. The second kappa shape index (κ2) is 5.65. The molecule has 0 saturated carbocycles. The van der Waals surface area contributed by atoms with Gasteiger partial charge < -0.3 is 5.73 Å². The van der Waals surface area contributed by atoms with Crippen molar-refractivity contribution in [3.8, 4) is 0 Å². The fourth-order valence-electron chi connectivity index (χ4n) is 2.15. The SMILES string of the molecule is NCC1CCN(S(=O)(=O)c2cc([N+](=O)[O-])ccc2Cl)C1. The van der Waals surface area contributed by atoms with Gasteiger partial charge in [-0.25, -0.2) is 8.42 Å².